The van der Waals surface area contributed by atoms with Crippen LogP contribution in [0.1, 0.15) is 6.42 Å². The van der Waals surface area contributed by atoms with Gasteiger partial charge in [0.05, 0.1) is 12.8 Å². The Labute approximate surface area is 114 Å². The lowest BCUT2D eigenvalue weighted by atomic mass is 10.3. The quantitative estimate of drug-likeness (QED) is 0.299. The zero-order chi connectivity index (χ0) is 15.0. The molecule has 0 aromatic carbocycles. The van der Waals surface area contributed by atoms with Crippen molar-refractivity contribution in [3.8, 4) is 0 Å². The molecule has 0 atom stereocenters. The van der Waals surface area contributed by atoms with Gasteiger partial charge >= 0.3 is 0 Å². The van der Waals surface area contributed by atoms with Crippen molar-refractivity contribution < 1.29 is 24.0 Å². The number of hydrogen-bond donors (Lipinski definition) is 2. The Bertz CT molecular complexity index is 453. The van der Waals surface area contributed by atoms with Gasteiger partial charge in [0.2, 0.25) is 5.91 Å². The normalized spacial score (nSPS) is 14.1. The molecule has 1 rings (SSSR count). The summed E-state index contributed by atoms with van der Waals surface area (Å²) < 4.78 is 0. The number of rotatable bonds is 8. The van der Waals surface area contributed by atoms with Crippen LogP contribution in [0.3, 0.4) is 0 Å². The van der Waals surface area contributed by atoms with Gasteiger partial charge in [-0.15, -0.1) is 0 Å². The molecule has 1 heterocycles. The van der Waals surface area contributed by atoms with Crippen LogP contribution in [0.25, 0.3) is 0 Å². The first kappa shape index (κ1) is 15.3. The fourth-order valence-corrected chi connectivity index (χ4v) is 1.30. The zero-order valence-corrected chi connectivity index (χ0v) is 10.6. The first-order valence-electron chi connectivity index (χ1n) is 5.73. The maximum absolute atomic E-state index is 11.4. The van der Waals surface area contributed by atoms with E-state index < -0.39 is 17.7 Å². The van der Waals surface area contributed by atoms with Crippen molar-refractivity contribution in [3.05, 3.63) is 12.2 Å². The highest BCUT2D eigenvalue weighted by molar-refractivity contribution is 6.13. The minimum Gasteiger partial charge on any atom is -0.386 e. The van der Waals surface area contributed by atoms with Crippen molar-refractivity contribution in [2.24, 2.45) is 10.9 Å². The fourth-order valence-electron chi connectivity index (χ4n) is 1.30. The lowest BCUT2D eigenvalue weighted by Gasteiger charge is -2.12. The van der Waals surface area contributed by atoms with Gasteiger partial charge in [-0.3, -0.25) is 24.1 Å². The van der Waals surface area contributed by atoms with Crippen LogP contribution in [0, 0.1) is 0 Å². The van der Waals surface area contributed by atoms with E-state index in [-0.39, 0.29) is 32.0 Å². The van der Waals surface area contributed by atoms with Crippen LogP contribution >= 0.6 is 0 Å². The fraction of sp³-hybridized carbons (Fsp3) is 0.364. The smallest absolute Gasteiger partial charge is 0.258 e. The van der Waals surface area contributed by atoms with Crippen molar-refractivity contribution in [3.63, 3.8) is 0 Å². The second-order valence-electron chi connectivity index (χ2n) is 3.74. The number of nitrogens with one attached hydrogen (secondary N) is 1. The summed E-state index contributed by atoms with van der Waals surface area (Å²) in [6.45, 7) is -0.222. The lowest BCUT2D eigenvalue weighted by Crippen LogP contribution is -2.35. The molecule has 9 nitrogen and oxygen atoms in total. The Balaban J connectivity index is 2.13. The molecule has 108 valence electrons. The number of imide groups is 1. The number of amides is 4. The van der Waals surface area contributed by atoms with E-state index in [0.29, 0.717) is 0 Å². The molecule has 0 bridgehead atoms. The number of oxime groups is 1. The van der Waals surface area contributed by atoms with E-state index in [4.69, 9.17) is 5.73 Å². The minimum atomic E-state index is -0.653. The molecule has 0 saturated carbocycles. The molecule has 20 heavy (non-hydrogen) atoms. The summed E-state index contributed by atoms with van der Waals surface area (Å²) in [5.41, 5.74) is 4.80. The summed E-state index contributed by atoms with van der Waals surface area (Å²) in [5.74, 6) is -1.85. The van der Waals surface area contributed by atoms with Crippen LogP contribution in [-0.2, 0) is 24.0 Å². The monoisotopic (exact) mass is 282 g/mol. The van der Waals surface area contributed by atoms with E-state index in [2.05, 4.69) is 15.3 Å². The number of nitrogens with zero attached hydrogens (tertiary/aromatic N) is 2. The Hall–Kier alpha value is -2.71. The van der Waals surface area contributed by atoms with Crippen LogP contribution in [-0.4, -0.2) is 54.4 Å². The van der Waals surface area contributed by atoms with Crippen LogP contribution in [0.4, 0.5) is 0 Å². The number of primary amides is 1. The molecule has 0 saturated heterocycles. The SMILES string of the molecule is NC(=O)CO/N=C/CNC(=O)CCN1C(=O)C=CC1=O. The molecule has 9 heteroatoms. The van der Waals surface area contributed by atoms with Crippen molar-refractivity contribution in [2.45, 2.75) is 6.42 Å². The van der Waals surface area contributed by atoms with E-state index in [1.807, 2.05) is 0 Å². The molecule has 0 unspecified atom stereocenters. The van der Waals surface area contributed by atoms with Gasteiger partial charge in [-0.05, 0) is 0 Å². The molecule has 0 aromatic heterocycles. The Kier molecular flexibility index (Phi) is 5.88. The molecule has 4 amide bonds. The van der Waals surface area contributed by atoms with Gasteiger partial charge in [0.15, 0.2) is 6.61 Å². The summed E-state index contributed by atoms with van der Waals surface area (Å²) in [4.78, 5) is 49.5. The standard InChI is InChI=1S/C11H14N4O5/c12-8(16)7-20-14-5-4-13-9(17)3-6-15-10(18)1-2-11(15)19/h1-2,5H,3-4,6-7H2,(H2,12,16)(H,13,17)/b14-5+. The maximum atomic E-state index is 11.4. The first-order chi connectivity index (χ1) is 9.50. The maximum Gasteiger partial charge on any atom is 0.258 e. The number of nitrogens with two attached hydrogens (primary N) is 1. The zero-order valence-electron chi connectivity index (χ0n) is 10.6. The molecule has 0 radical (unpaired) electrons. The topological polar surface area (TPSA) is 131 Å². The van der Waals surface area contributed by atoms with Gasteiger partial charge in [-0.1, -0.05) is 5.16 Å². The highest BCUT2D eigenvalue weighted by Gasteiger charge is 2.23. The number of hydrogen-bond acceptors (Lipinski definition) is 6. The van der Waals surface area contributed by atoms with Gasteiger partial charge < -0.3 is 15.9 Å². The third kappa shape index (κ3) is 5.29. The van der Waals surface area contributed by atoms with Crippen LogP contribution in [0.5, 0.6) is 0 Å². The summed E-state index contributed by atoms with van der Waals surface area (Å²) in [6.07, 6.45) is 3.55. The molecular formula is C11H14N4O5. The molecule has 3 N–H and O–H groups in total. The third-order valence-electron chi connectivity index (χ3n) is 2.21. The van der Waals surface area contributed by atoms with Crippen LogP contribution < -0.4 is 11.1 Å². The second-order valence-corrected chi connectivity index (χ2v) is 3.74. The Morgan fingerprint density at radius 1 is 1.35 bits per heavy atom. The van der Waals surface area contributed by atoms with Crippen molar-refractivity contribution in [1.82, 2.24) is 10.2 Å². The van der Waals surface area contributed by atoms with Crippen LogP contribution in [0.15, 0.2) is 17.3 Å². The predicted molar refractivity (Wildman–Crippen MR) is 67.1 cm³/mol. The minimum absolute atomic E-state index is 0.00482. The average molecular weight is 282 g/mol. The highest BCUT2D eigenvalue weighted by Crippen LogP contribution is 2.03. The van der Waals surface area contributed by atoms with Crippen molar-refractivity contribution >= 4 is 29.8 Å². The largest absolute Gasteiger partial charge is 0.386 e. The van der Waals surface area contributed by atoms with E-state index in [0.717, 1.165) is 17.1 Å². The summed E-state index contributed by atoms with van der Waals surface area (Å²) in [7, 11) is 0. The third-order valence-corrected chi connectivity index (χ3v) is 2.21. The van der Waals surface area contributed by atoms with Crippen molar-refractivity contribution in [1.29, 1.82) is 0 Å². The summed E-state index contributed by atoms with van der Waals surface area (Å²) >= 11 is 0. The summed E-state index contributed by atoms with van der Waals surface area (Å²) in [5, 5.41) is 5.85. The van der Waals surface area contributed by atoms with Gasteiger partial charge in [0.1, 0.15) is 0 Å². The predicted octanol–water partition coefficient (Wildman–Crippen LogP) is -2.09. The van der Waals surface area contributed by atoms with E-state index >= 15 is 0 Å². The van der Waals surface area contributed by atoms with Gasteiger partial charge in [-0.2, -0.15) is 0 Å². The van der Waals surface area contributed by atoms with Crippen molar-refractivity contribution in [2.75, 3.05) is 19.7 Å². The number of carbonyl (C=O) groups excluding carboxylic acids is 4. The Morgan fingerprint density at radius 2 is 2.00 bits per heavy atom. The van der Waals surface area contributed by atoms with E-state index in [9.17, 15) is 19.2 Å². The molecule has 1 aliphatic rings. The van der Waals surface area contributed by atoms with Gasteiger partial charge in [0.25, 0.3) is 17.7 Å². The molecule has 0 fully saturated rings. The second kappa shape index (κ2) is 7.67. The first-order valence-corrected chi connectivity index (χ1v) is 5.73. The average Bonchev–Trinajstić information content (AvgIpc) is 2.70. The molecule has 0 aliphatic carbocycles. The number of carbonyl (C=O) groups is 4. The van der Waals surface area contributed by atoms with E-state index in [1.165, 1.54) is 6.21 Å². The molecular weight excluding hydrogens is 268 g/mol. The van der Waals surface area contributed by atoms with Gasteiger partial charge in [0, 0.05) is 25.1 Å². The van der Waals surface area contributed by atoms with E-state index in [1.54, 1.807) is 0 Å². The Morgan fingerprint density at radius 3 is 2.60 bits per heavy atom. The van der Waals surface area contributed by atoms with Gasteiger partial charge in [-0.25, -0.2) is 0 Å². The lowest BCUT2D eigenvalue weighted by molar-refractivity contribution is -0.137. The summed E-state index contributed by atoms with van der Waals surface area (Å²) in [6, 6.07) is 0. The molecule has 0 aromatic rings. The molecule has 1 aliphatic heterocycles. The highest BCUT2D eigenvalue weighted by atomic mass is 16.6. The molecule has 0 spiro atoms. The van der Waals surface area contributed by atoms with Crippen LogP contribution in [0.2, 0.25) is 0 Å².